The number of nitrogens with one attached hydrogen (secondary N) is 2. The number of hydrogen-bond acceptors (Lipinski definition) is 10. The van der Waals surface area contributed by atoms with E-state index in [1.165, 1.54) is 17.6 Å². The first-order valence-corrected chi connectivity index (χ1v) is 12.7. The van der Waals surface area contributed by atoms with Crippen LogP contribution in [0.3, 0.4) is 0 Å². The molecule has 0 saturated heterocycles. The SMILES string of the molecule is C=C(Nn1c(NCc2ncc(-c3cc(Cl)cc(Cl)c3-c3noc(C)n3)cc2F)nc(C)c1C)c1cnns1. The Labute approximate surface area is 230 Å². The van der Waals surface area contributed by atoms with Crippen molar-refractivity contribution in [3.05, 3.63) is 80.9 Å². The van der Waals surface area contributed by atoms with Gasteiger partial charge in [0.2, 0.25) is 17.7 Å². The van der Waals surface area contributed by atoms with Crippen molar-refractivity contribution >= 4 is 46.4 Å². The molecule has 0 saturated carbocycles. The number of benzene rings is 1. The van der Waals surface area contributed by atoms with Gasteiger partial charge in [-0.1, -0.05) is 39.4 Å². The van der Waals surface area contributed by atoms with Crippen LogP contribution >= 0.6 is 34.7 Å². The van der Waals surface area contributed by atoms with Gasteiger partial charge in [-0.15, -0.1) is 5.10 Å². The summed E-state index contributed by atoms with van der Waals surface area (Å²) in [6.07, 6.45) is 3.16. The van der Waals surface area contributed by atoms with Crippen LogP contribution in [0.5, 0.6) is 0 Å². The Morgan fingerprint density at radius 3 is 2.66 bits per heavy atom. The van der Waals surface area contributed by atoms with Crippen LogP contribution in [0, 0.1) is 26.6 Å². The standard InChI is InChI=1S/C24H20Cl2FN9OS/c1-11-13(3)36(33-12(2)21-10-30-35-38-21)24(31-11)29-9-20-19(27)5-15(8-28-20)17-6-16(25)7-18(26)22(17)23-32-14(4)37-34-23/h5-8,10,33H,2,9H2,1,3-4H3,(H,29,31). The van der Waals surface area contributed by atoms with Crippen LogP contribution in [0.2, 0.25) is 10.0 Å². The molecule has 5 aromatic rings. The molecule has 4 heterocycles. The van der Waals surface area contributed by atoms with E-state index in [1.54, 1.807) is 36.1 Å². The molecule has 2 N–H and O–H groups in total. The summed E-state index contributed by atoms with van der Waals surface area (Å²) >= 11 is 13.9. The molecule has 14 heteroatoms. The fourth-order valence-electron chi connectivity index (χ4n) is 3.69. The minimum Gasteiger partial charge on any atom is -0.348 e. The third kappa shape index (κ3) is 5.10. The number of aryl methyl sites for hydroxylation is 2. The molecule has 0 aliphatic rings. The van der Waals surface area contributed by atoms with Crippen LogP contribution in [0.1, 0.15) is 27.8 Å². The Hall–Kier alpha value is -3.87. The summed E-state index contributed by atoms with van der Waals surface area (Å²) in [6, 6.07) is 4.58. The third-order valence-corrected chi connectivity index (χ3v) is 6.94. The molecule has 194 valence electrons. The maximum absolute atomic E-state index is 15.3. The van der Waals surface area contributed by atoms with E-state index in [0.29, 0.717) is 44.3 Å². The molecule has 38 heavy (non-hydrogen) atoms. The van der Waals surface area contributed by atoms with Crippen LogP contribution in [0.4, 0.5) is 10.3 Å². The van der Waals surface area contributed by atoms with Crippen molar-refractivity contribution in [1.29, 1.82) is 0 Å². The monoisotopic (exact) mass is 571 g/mol. The number of anilines is 1. The number of aromatic nitrogens is 7. The molecule has 0 bridgehead atoms. The molecule has 0 unspecified atom stereocenters. The lowest BCUT2D eigenvalue weighted by Gasteiger charge is -2.15. The average Bonchev–Trinajstić information content (AvgIpc) is 3.61. The van der Waals surface area contributed by atoms with E-state index in [-0.39, 0.29) is 18.1 Å². The maximum atomic E-state index is 15.3. The van der Waals surface area contributed by atoms with Crippen LogP contribution in [0.15, 0.2) is 41.7 Å². The van der Waals surface area contributed by atoms with Gasteiger partial charge in [0.15, 0.2) is 0 Å². The van der Waals surface area contributed by atoms with Crippen LogP contribution in [-0.4, -0.2) is 34.4 Å². The van der Waals surface area contributed by atoms with Crippen molar-refractivity contribution in [2.24, 2.45) is 0 Å². The topological polar surface area (TPSA) is 119 Å². The smallest absolute Gasteiger partial charge is 0.223 e. The summed E-state index contributed by atoms with van der Waals surface area (Å²) in [6.45, 7) is 9.56. The highest BCUT2D eigenvalue weighted by atomic mass is 35.5. The van der Waals surface area contributed by atoms with Crippen molar-refractivity contribution in [1.82, 2.24) is 34.4 Å². The van der Waals surface area contributed by atoms with E-state index >= 15 is 4.39 Å². The molecule has 0 amide bonds. The number of hydrogen-bond donors (Lipinski definition) is 2. The van der Waals surface area contributed by atoms with Crippen LogP contribution < -0.4 is 10.7 Å². The van der Waals surface area contributed by atoms with Gasteiger partial charge >= 0.3 is 0 Å². The lowest BCUT2D eigenvalue weighted by molar-refractivity contribution is 0.394. The zero-order valence-electron chi connectivity index (χ0n) is 20.4. The molecule has 10 nitrogen and oxygen atoms in total. The van der Waals surface area contributed by atoms with Gasteiger partial charge in [-0.05, 0) is 49.1 Å². The minimum atomic E-state index is -0.527. The van der Waals surface area contributed by atoms with E-state index in [2.05, 4.69) is 47.0 Å². The number of pyridine rings is 1. The summed E-state index contributed by atoms with van der Waals surface area (Å²) in [4.78, 5) is 13.9. The van der Waals surface area contributed by atoms with Gasteiger partial charge in [0, 0.05) is 29.3 Å². The Balaban J connectivity index is 1.40. The first kappa shape index (κ1) is 25.8. The zero-order chi connectivity index (χ0) is 27.0. The Morgan fingerprint density at radius 1 is 1.16 bits per heavy atom. The maximum Gasteiger partial charge on any atom is 0.223 e. The van der Waals surface area contributed by atoms with E-state index in [9.17, 15) is 0 Å². The van der Waals surface area contributed by atoms with Gasteiger partial charge in [0.1, 0.15) is 5.82 Å². The molecule has 0 atom stereocenters. The molecule has 0 fully saturated rings. The van der Waals surface area contributed by atoms with Gasteiger partial charge in [-0.3, -0.25) is 10.4 Å². The van der Waals surface area contributed by atoms with Crippen LogP contribution in [-0.2, 0) is 6.54 Å². The van der Waals surface area contributed by atoms with E-state index in [1.807, 2.05) is 13.8 Å². The van der Waals surface area contributed by atoms with Crippen molar-refractivity contribution in [2.45, 2.75) is 27.3 Å². The lowest BCUT2D eigenvalue weighted by atomic mass is 10.00. The number of imidazole rings is 1. The molecule has 1 aromatic carbocycles. The molecule has 4 aromatic heterocycles. The third-order valence-electron chi connectivity index (χ3n) is 5.70. The molecular weight excluding hydrogens is 552 g/mol. The average molecular weight is 572 g/mol. The number of halogens is 3. The minimum absolute atomic E-state index is 0.0749. The van der Waals surface area contributed by atoms with Crippen molar-refractivity contribution in [3.8, 4) is 22.5 Å². The number of rotatable bonds is 8. The number of nitrogens with zero attached hydrogens (tertiary/aromatic N) is 7. The fraction of sp³-hybridized carbons (Fsp3) is 0.167. The predicted molar refractivity (Wildman–Crippen MR) is 145 cm³/mol. The van der Waals surface area contributed by atoms with Gasteiger partial charge < -0.3 is 9.84 Å². The molecular formula is C24H20Cl2FN9OS. The van der Waals surface area contributed by atoms with Gasteiger partial charge in [-0.2, -0.15) is 4.98 Å². The Bertz CT molecular complexity index is 1650. The van der Waals surface area contributed by atoms with Crippen molar-refractivity contribution in [3.63, 3.8) is 0 Å². The van der Waals surface area contributed by atoms with Gasteiger partial charge in [0.05, 0.1) is 45.4 Å². The van der Waals surface area contributed by atoms with E-state index in [0.717, 1.165) is 16.3 Å². The summed E-state index contributed by atoms with van der Waals surface area (Å²) in [5.41, 5.74) is 7.08. The second-order valence-electron chi connectivity index (χ2n) is 8.27. The Kier molecular flexibility index (Phi) is 7.11. The zero-order valence-corrected chi connectivity index (χ0v) is 22.7. The lowest BCUT2D eigenvalue weighted by Crippen LogP contribution is -2.18. The largest absolute Gasteiger partial charge is 0.348 e. The van der Waals surface area contributed by atoms with Gasteiger partial charge in [0.25, 0.3) is 0 Å². The summed E-state index contributed by atoms with van der Waals surface area (Å²) < 4.78 is 26.0. The second kappa shape index (κ2) is 10.5. The highest BCUT2D eigenvalue weighted by molar-refractivity contribution is 7.06. The van der Waals surface area contributed by atoms with Gasteiger partial charge in [-0.25, -0.2) is 14.1 Å². The molecule has 0 aliphatic carbocycles. The highest BCUT2D eigenvalue weighted by Crippen LogP contribution is 2.39. The first-order valence-electron chi connectivity index (χ1n) is 11.2. The summed E-state index contributed by atoms with van der Waals surface area (Å²) in [5.74, 6) is 0.584. The quantitative estimate of drug-likeness (QED) is 0.229. The second-order valence-corrected chi connectivity index (χ2v) is 9.90. The fourth-order valence-corrected chi connectivity index (χ4v) is 4.70. The van der Waals surface area contributed by atoms with Crippen molar-refractivity contribution < 1.29 is 8.91 Å². The molecule has 0 radical (unpaired) electrons. The first-order chi connectivity index (χ1) is 18.2. The molecule has 5 rings (SSSR count). The highest BCUT2D eigenvalue weighted by Gasteiger charge is 2.20. The van der Waals surface area contributed by atoms with E-state index < -0.39 is 5.82 Å². The van der Waals surface area contributed by atoms with Crippen LogP contribution in [0.25, 0.3) is 28.2 Å². The predicted octanol–water partition coefficient (Wildman–Crippen LogP) is 6.04. The van der Waals surface area contributed by atoms with Crippen molar-refractivity contribution in [2.75, 3.05) is 10.7 Å². The summed E-state index contributed by atoms with van der Waals surface area (Å²) in [7, 11) is 0. The van der Waals surface area contributed by atoms with E-state index in [4.69, 9.17) is 27.7 Å². The molecule has 0 spiro atoms. The normalized spacial score (nSPS) is 11.1. The summed E-state index contributed by atoms with van der Waals surface area (Å²) in [5, 5.41) is 11.6. The molecule has 0 aliphatic heterocycles. The Morgan fingerprint density at radius 2 is 1.97 bits per heavy atom.